The highest BCUT2D eigenvalue weighted by molar-refractivity contribution is 5.22. The summed E-state index contributed by atoms with van der Waals surface area (Å²) in [6.45, 7) is -0.327. The molecule has 1 aromatic rings. The van der Waals surface area contributed by atoms with Gasteiger partial charge in [0.25, 0.3) is 6.43 Å². The van der Waals surface area contributed by atoms with E-state index in [1.165, 1.54) is 17.0 Å². The largest absolute Gasteiger partial charge is 0.395 e. The molecule has 1 unspecified atom stereocenters. The van der Waals surface area contributed by atoms with Gasteiger partial charge in [0.15, 0.2) is 11.6 Å². The number of aliphatic hydroxyl groups excluding tert-OH is 1. The molecule has 0 aliphatic rings. The number of benzene rings is 1. The number of halogens is 4. The standard InChI is InChI=1S/C14H20F4N2O/c1-19-12(10-3-2-4-11(15)14(10)18)5-6-20(7-8-21)9-13(16)17/h2-4,12-13,19,21H,5-9H2,1H3. The predicted molar refractivity (Wildman–Crippen MR) is 72.3 cm³/mol. The fraction of sp³-hybridized carbons (Fsp3) is 0.571. The Morgan fingerprint density at radius 2 is 1.95 bits per heavy atom. The van der Waals surface area contributed by atoms with E-state index in [0.29, 0.717) is 6.42 Å². The van der Waals surface area contributed by atoms with Crippen LogP contribution in [0.25, 0.3) is 0 Å². The minimum Gasteiger partial charge on any atom is -0.395 e. The second-order valence-electron chi connectivity index (χ2n) is 4.69. The number of rotatable bonds is 9. The van der Waals surface area contributed by atoms with Crippen molar-refractivity contribution in [1.29, 1.82) is 0 Å². The minimum atomic E-state index is -2.50. The third-order valence-electron chi connectivity index (χ3n) is 3.25. The Morgan fingerprint density at radius 1 is 1.24 bits per heavy atom. The predicted octanol–water partition coefficient (Wildman–Crippen LogP) is 2.17. The summed E-state index contributed by atoms with van der Waals surface area (Å²) >= 11 is 0. The molecule has 1 rings (SSSR count). The van der Waals surface area contributed by atoms with Gasteiger partial charge in [-0.05, 0) is 19.5 Å². The van der Waals surface area contributed by atoms with Crippen molar-refractivity contribution in [3.8, 4) is 0 Å². The van der Waals surface area contributed by atoms with Crippen LogP contribution in [-0.2, 0) is 0 Å². The fourth-order valence-electron chi connectivity index (χ4n) is 2.19. The molecule has 3 nitrogen and oxygen atoms in total. The van der Waals surface area contributed by atoms with Crippen molar-refractivity contribution < 1.29 is 22.7 Å². The van der Waals surface area contributed by atoms with E-state index in [9.17, 15) is 17.6 Å². The molecule has 0 radical (unpaired) electrons. The number of hydrogen-bond acceptors (Lipinski definition) is 3. The van der Waals surface area contributed by atoms with Crippen LogP contribution in [0.15, 0.2) is 18.2 Å². The molecule has 0 aromatic heterocycles. The molecule has 2 N–H and O–H groups in total. The topological polar surface area (TPSA) is 35.5 Å². The zero-order chi connectivity index (χ0) is 15.8. The third-order valence-corrected chi connectivity index (χ3v) is 3.25. The van der Waals surface area contributed by atoms with Crippen LogP contribution in [0, 0.1) is 11.6 Å². The van der Waals surface area contributed by atoms with Crippen LogP contribution in [0.1, 0.15) is 18.0 Å². The van der Waals surface area contributed by atoms with Crippen molar-refractivity contribution in [1.82, 2.24) is 10.2 Å². The van der Waals surface area contributed by atoms with Crippen LogP contribution in [0.3, 0.4) is 0 Å². The zero-order valence-corrected chi connectivity index (χ0v) is 11.8. The molecular formula is C14H20F4N2O. The summed E-state index contributed by atoms with van der Waals surface area (Å²) in [5, 5.41) is 11.7. The first-order valence-electron chi connectivity index (χ1n) is 6.72. The Kier molecular flexibility index (Phi) is 7.63. The van der Waals surface area contributed by atoms with Crippen molar-refractivity contribution in [2.45, 2.75) is 18.9 Å². The molecule has 1 atom stereocenters. The van der Waals surface area contributed by atoms with E-state index in [2.05, 4.69) is 5.32 Å². The summed E-state index contributed by atoms with van der Waals surface area (Å²) in [6.07, 6.45) is -2.18. The first-order chi connectivity index (χ1) is 9.99. The normalized spacial score (nSPS) is 13.1. The second kappa shape index (κ2) is 8.96. The molecule has 0 aliphatic carbocycles. The van der Waals surface area contributed by atoms with Crippen molar-refractivity contribution in [3.05, 3.63) is 35.4 Å². The number of aliphatic hydroxyl groups is 1. The van der Waals surface area contributed by atoms with Gasteiger partial charge in [0, 0.05) is 24.7 Å². The number of hydrogen-bond donors (Lipinski definition) is 2. The molecular weight excluding hydrogens is 288 g/mol. The smallest absolute Gasteiger partial charge is 0.251 e. The molecule has 7 heteroatoms. The Bertz CT molecular complexity index is 431. The number of nitrogens with one attached hydrogen (secondary N) is 1. The highest BCUT2D eigenvalue weighted by Crippen LogP contribution is 2.22. The summed E-state index contributed by atoms with van der Waals surface area (Å²) in [5.41, 5.74) is 0.165. The maximum atomic E-state index is 13.7. The molecule has 21 heavy (non-hydrogen) atoms. The first kappa shape index (κ1) is 17.9. The van der Waals surface area contributed by atoms with Gasteiger partial charge >= 0.3 is 0 Å². The van der Waals surface area contributed by atoms with E-state index < -0.39 is 30.6 Å². The van der Waals surface area contributed by atoms with Gasteiger partial charge in [-0.3, -0.25) is 4.90 Å². The first-order valence-corrected chi connectivity index (χ1v) is 6.72. The van der Waals surface area contributed by atoms with E-state index in [-0.39, 0.29) is 25.3 Å². The summed E-state index contributed by atoms with van der Waals surface area (Å²) in [6, 6.07) is 3.41. The van der Waals surface area contributed by atoms with Gasteiger partial charge in [0.2, 0.25) is 0 Å². The van der Waals surface area contributed by atoms with Crippen molar-refractivity contribution in [2.75, 3.05) is 33.3 Å². The number of nitrogens with zero attached hydrogens (tertiary/aromatic N) is 1. The second-order valence-corrected chi connectivity index (χ2v) is 4.69. The van der Waals surface area contributed by atoms with Gasteiger partial charge < -0.3 is 10.4 Å². The Hall–Kier alpha value is -1.18. The summed E-state index contributed by atoms with van der Waals surface area (Å²) < 4.78 is 51.8. The van der Waals surface area contributed by atoms with Gasteiger partial charge in [0.1, 0.15) is 0 Å². The van der Waals surface area contributed by atoms with E-state index >= 15 is 0 Å². The van der Waals surface area contributed by atoms with Gasteiger partial charge in [-0.1, -0.05) is 12.1 Å². The van der Waals surface area contributed by atoms with Gasteiger partial charge in [0.05, 0.1) is 13.2 Å². The van der Waals surface area contributed by atoms with E-state index in [1.54, 1.807) is 7.05 Å². The van der Waals surface area contributed by atoms with E-state index in [0.717, 1.165) is 6.07 Å². The molecule has 0 saturated heterocycles. The molecule has 0 fully saturated rings. The lowest BCUT2D eigenvalue weighted by Crippen LogP contribution is -2.34. The van der Waals surface area contributed by atoms with Crippen molar-refractivity contribution in [3.63, 3.8) is 0 Å². The summed E-state index contributed by atoms with van der Waals surface area (Å²) in [4.78, 5) is 1.40. The Balaban J connectivity index is 2.70. The molecule has 120 valence electrons. The molecule has 0 heterocycles. The molecule has 0 aliphatic heterocycles. The average molecular weight is 308 g/mol. The van der Waals surface area contributed by atoms with Crippen molar-refractivity contribution in [2.24, 2.45) is 0 Å². The van der Waals surface area contributed by atoms with Crippen LogP contribution >= 0.6 is 0 Å². The molecule has 0 bridgehead atoms. The van der Waals surface area contributed by atoms with Crippen LogP contribution < -0.4 is 5.32 Å². The minimum absolute atomic E-state index is 0.117. The van der Waals surface area contributed by atoms with Gasteiger partial charge in [-0.25, -0.2) is 17.6 Å². The van der Waals surface area contributed by atoms with Crippen molar-refractivity contribution >= 4 is 0 Å². The summed E-state index contributed by atoms with van der Waals surface area (Å²) in [7, 11) is 1.60. The van der Waals surface area contributed by atoms with Gasteiger partial charge in [-0.2, -0.15) is 0 Å². The van der Waals surface area contributed by atoms with E-state index in [4.69, 9.17) is 5.11 Å². The lowest BCUT2D eigenvalue weighted by Gasteiger charge is -2.24. The Morgan fingerprint density at radius 3 is 2.52 bits per heavy atom. The van der Waals surface area contributed by atoms with Gasteiger partial charge in [-0.15, -0.1) is 0 Å². The average Bonchev–Trinajstić information content (AvgIpc) is 2.43. The third kappa shape index (κ3) is 5.61. The molecule has 0 amide bonds. The highest BCUT2D eigenvalue weighted by atomic mass is 19.3. The van der Waals surface area contributed by atoms with Crippen LogP contribution in [0.4, 0.5) is 17.6 Å². The highest BCUT2D eigenvalue weighted by Gasteiger charge is 2.19. The zero-order valence-electron chi connectivity index (χ0n) is 11.8. The fourth-order valence-corrected chi connectivity index (χ4v) is 2.19. The van der Waals surface area contributed by atoms with Crippen LogP contribution in [0.5, 0.6) is 0 Å². The van der Waals surface area contributed by atoms with Crippen LogP contribution in [0.2, 0.25) is 0 Å². The lowest BCUT2D eigenvalue weighted by atomic mass is 10.0. The SMILES string of the molecule is CNC(CCN(CCO)CC(F)F)c1cccc(F)c1F. The number of alkyl halides is 2. The molecule has 1 aromatic carbocycles. The maximum absolute atomic E-state index is 13.7. The monoisotopic (exact) mass is 308 g/mol. The lowest BCUT2D eigenvalue weighted by molar-refractivity contribution is 0.0762. The quantitative estimate of drug-likeness (QED) is 0.686. The maximum Gasteiger partial charge on any atom is 0.251 e. The van der Waals surface area contributed by atoms with E-state index in [1.807, 2.05) is 0 Å². The molecule has 0 spiro atoms. The Labute approximate surface area is 121 Å². The summed E-state index contributed by atoms with van der Waals surface area (Å²) in [5.74, 6) is -1.87. The molecule has 0 saturated carbocycles. The van der Waals surface area contributed by atoms with Crippen LogP contribution in [-0.4, -0.2) is 49.7 Å².